The molecule has 94 valence electrons. The second-order valence-corrected chi connectivity index (χ2v) is 4.52. The molecule has 2 aromatic rings. The monoisotopic (exact) mass is 310 g/mol. The molecule has 0 saturated heterocycles. The normalized spacial score (nSPS) is 10.3. The molecule has 2 aromatic heterocycles. The zero-order valence-corrected chi connectivity index (χ0v) is 11.2. The van der Waals surface area contributed by atoms with Crippen molar-refractivity contribution in [2.45, 2.75) is 6.54 Å². The molecule has 6 nitrogen and oxygen atoms in total. The summed E-state index contributed by atoms with van der Waals surface area (Å²) in [5.41, 5.74) is 0.0447. The van der Waals surface area contributed by atoms with Gasteiger partial charge in [0.15, 0.2) is 0 Å². The Morgan fingerprint density at radius 1 is 1.50 bits per heavy atom. The quantitative estimate of drug-likeness (QED) is 0.878. The van der Waals surface area contributed by atoms with Gasteiger partial charge in [0, 0.05) is 19.4 Å². The maximum absolute atomic E-state index is 11.6. The number of nitrogens with one attached hydrogen (secondary N) is 2. The molecule has 18 heavy (non-hydrogen) atoms. The van der Waals surface area contributed by atoms with Crippen LogP contribution in [0.1, 0.15) is 5.56 Å². The molecule has 7 heteroatoms. The number of nitrogens with zero attached hydrogens (tertiary/aromatic N) is 2. The van der Waals surface area contributed by atoms with E-state index < -0.39 is 11.2 Å². The van der Waals surface area contributed by atoms with Crippen molar-refractivity contribution in [3.8, 4) is 0 Å². The third-order valence-electron chi connectivity index (χ3n) is 2.40. The van der Waals surface area contributed by atoms with Crippen molar-refractivity contribution in [2.75, 3.05) is 12.4 Å². The maximum Gasteiger partial charge on any atom is 0.328 e. The van der Waals surface area contributed by atoms with Crippen LogP contribution in [0.3, 0.4) is 0 Å². The fourth-order valence-corrected chi connectivity index (χ4v) is 1.85. The Morgan fingerprint density at radius 3 is 3.00 bits per heavy atom. The molecule has 2 N–H and O–H groups in total. The summed E-state index contributed by atoms with van der Waals surface area (Å²) in [6.07, 6.45) is 3.13. The van der Waals surface area contributed by atoms with Crippen molar-refractivity contribution in [3.63, 3.8) is 0 Å². The molecular weight excluding hydrogens is 300 g/mol. The first-order chi connectivity index (χ1) is 8.60. The minimum Gasteiger partial charge on any atom is -0.373 e. The number of H-pyrrole nitrogens is 1. The standard InChI is InChI=1S/C11H11BrN4O2/c1-13-9-4-7(2-3-14-9)5-16-6-8(12)10(17)15-11(16)18/h2-4,6H,5H2,1H3,(H,13,14)(H,15,17,18). The summed E-state index contributed by atoms with van der Waals surface area (Å²) in [5, 5.41) is 2.92. The molecule has 0 spiro atoms. The van der Waals surface area contributed by atoms with Crippen LogP contribution in [0, 0.1) is 0 Å². The molecule has 0 unspecified atom stereocenters. The van der Waals surface area contributed by atoms with Crippen LogP contribution in [-0.2, 0) is 6.54 Å². The molecule has 0 saturated carbocycles. The van der Waals surface area contributed by atoms with Gasteiger partial charge in [-0.3, -0.25) is 14.3 Å². The third kappa shape index (κ3) is 2.67. The highest BCUT2D eigenvalue weighted by Crippen LogP contribution is 2.07. The Hall–Kier alpha value is -1.89. The molecule has 2 heterocycles. The Morgan fingerprint density at radius 2 is 2.28 bits per heavy atom. The molecule has 0 amide bonds. The smallest absolute Gasteiger partial charge is 0.328 e. The number of anilines is 1. The first-order valence-electron chi connectivity index (χ1n) is 5.22. The van der Waals surface area contributed by atoms with E-state index in [2.05, 4.69) is 31.2 Å². The van der Waals surface area contributed by atoms with E-state index in [9.17, 15) is 9.59 Å². The molecule has 0 radical (unpaired) electrons. The Balaban J connectivity index is 2.36. The minimum atomic E-state index is -0.439. The third-order valence-corrected chi connectivity index (χ3v) is 2.97. The Bertz CT molecular complexity index is 677. The lowest BCUT2D eigenvalue weighted by molar-refractivity contribution is 0.715. The van der Waals surface area contributed by atoms with Crippen LogP contribution in [-0.4, -0.2) is 21.6 Å². The first kappa shape index (κ1) is 12.6. The average molecular weight is 311 g/mol. The number of hydrogen-bond donors (Lipinski definition) is 2. The van der Waals surface area contributed by atoms with Crippen molar-refractivity contribution >= 4 is 21.7 Å². The van der Waals surface area contributed by atoms with Gasteiger partial charge in [-0.15, -0.1) is 0 Å². The summed E-state index contributed by atoms with van der Waals surface area (Å²) in [4.78, 5) is 29.1. The van der Waals surface area contributed by atoms with Gasteiger partial charge in [-0.1, -0.05) is 0 Å². The number of rotatable bonds is 3. The van der Waals surface area contributed by atoms with Crippen LogP contribution in [0.25, 0.3) is 0 Å². The van der Waals surface area contributed by atoms with Gasteiger partial charge in [0.1, 0.15) is 5.82 Å². The summed E-state index contributed by atoms with van der Waals surface area (Å²) >= 11 is 3.09. The summed E-state index contributed by atoms with van der Waals surface area (Å²) in [6, 6.07) is 3.65. The zero-order chi connectivity index (χ0) is 13.1. The number of pyridine rings is 1. The van der Waals surface area contributed by atoms with E-state index in [1.54, 1.807) is 13.2 Å². The van der Waals surface area contributed by atoms with E-state index >= 15 is 0 Å². The van der Waals surface area contributed by atoms with Crippen LogP contribution in [0.15, 0.2) is 38.6 Å². The van der Waals surface area contributed by atoms with Crippen molar-refractivity contribution in [1.29, 1.82) is 0 Å². The maximum atomic E-state index is 11.6. The van der Waals surface area contributed by atoms with Crippen LogP contribution in [0.2, 0.25) is 0 Å². The molecule has 0 atom stereocenters. The van der Waals surface area contributed by atoms with E-state index in [4.69, 9.17) is 0 Å². The van der Waals surface area contributed by atoms with Gasteiger partial charge in [0.2, 0.25) is 0 Å². The molecule has 0 bridgehead atoms. The molecule has 0 aliphatic carbocycles. The summed E-state index contributed by atoms with van der Waals surface area (Å²) in [7, 11) is 1.77. The van der Waals surface area contributed by atoms with Gasteiger partial charge in [0.05, 0.1) is 11.0 Å². The lowest BCUT2D eigenvalue weighted by Crippen LogP contribution is -2.30. The molecular formula is C11H11BrN4O2. The number of aromatic amines is 1. The molecule has 2 rings (SSSR count). The van der Waals surface area contributed by atoms with Gasteiger partial charge in [0.25, 0.3) is 5.56 Å². The van der Waals surface area contributed by atoms with Crippen molar-refractivity contribution < 1.29 is 0 Å². The van der Waals surface area contributed by atoms with Crippen LogP contribution in [0.5, 0.6) is 0 Å². The highest BCUT2D eigenvalue weighted by atomic mass is 79.9. The predicted molar refractivity (Wildman–Crippen MR) is 71.9 cm³/mol. The lowest BCUT2D eigenvalue weighted by Gasteiger charge is -2.07. The second-order valence-electron chi connectivity index (χ2n) is 3.66. The average Bonchev–Trinajstić information content (AvgIpc) is 2.36. The van der Waals surface area contributed by atoms with E-state index in [0.29, 0.717) is 11.0 Å². The largest absolute Gasteiger partial charge is 0.373 e. The van der Waals surface area contributed by atoms with Crippen LogP contribution >= 0.6 is 15.9 Å². The van der Waals surface area contributed by atoms with Crippen molar-refractivity contribution in [2.24, 2.45) is 0 Å². The first-order valence-corrected chi connectivity index (χ1v) is 6.01. The van der Waals surface area contributed by atoms with E-state index in [-0.39, 0.29) is 0 Å². The predicted octanol–water partition coefficient (Wildman–Crippen LogP) is 0.784. The Labute approximate surface area is 111 Å². The molecule has 0 aliphatic heterocycles. The summed E-state index contributed by atoms with van der Waals surface area (Å²) in [5.74, 6) is 0.726. The lowest BCUT2D eigenvalue weighted by atomic mass is 10.2. The topological polar surface area (TPSA) is 79.8 Å². The van der Waals surface area contributed by atoms with Gasteiger partial charge in [-0.25, -0.2) is 9.78 Å². The fraction of sp³-hybridized carbons (Fsp3) is 0.182. The molecule has 0 fully saturated rings. The highest BCUT2D eigenvalue weighted by molar-refractivity contribution is 9.10. The second kappa shape index (κ2) is 5.18. The van der Waals surface area contributed by atoms with Crippen LogP contribution in [0.4, 0.5) is 5.82 Å². The molecule has 0 aromatic carbocycles. The summed E-state index contributed by atoms with van der Waals surface area (Å²) < 4.78 is 1.74. The van der Waals surface area contributed by atoms with Gasteiger partial charge < -0.3 is 5.32 Å². The van der Waals surface area contributed by atoms with Crippen LogP contribution < -0.4 is 16.6 Å². The van der Waals surface area contributed by atoms with E-state index in [0.717, 1.165) is 11.4 Å². The zero-order valence-electron chi connectivity index (χ0n) is 9.61. The number of halogens is 1. The minimum absolute atomic E-state index is 0.324. The van der Waals surface area contributed by atoms with Gasteiger partial charge in [-0.2, -0.15) is 0 Å². The SMILES string of the molecule is CNc1cc(Cn2cc(Br)c(=O)[nH]c2=O)ccn1. The van der Waals surface area contributed by atoms with Crippen molar-refractivity contribution in [3.05, 3.63) is 55.4 Å². The van der Waals surface area contributed by atoms with Gasteiger partial charge >= 0.3 is 5.69 Å². The van der Waals surface area contributed by atoms with E-state index in [1.165, 1.54) is 10.8 Å². The van der Waals surface area contributed by atoms with Crippen molar-refractivity contribution in [1.82, 2.24) is 14.5 Å². The molecule has 0 aliphatic rings. The fourth-order valence-electron chi connectivity index (χ4n) is 1.51. The number of hydrogen-bond acceptors (Lipinski definition) is 4. The number of aromatic nitrogens is 3. The highest BCUT2D eigenvalue weighted by Gasteiger charge is 2.03. The van der Waals surface area contributed by atoms with Gasteiger partial charge in [-0.05, 0) is 33.6 Å². The Kier molecular flexibility index (Phi) is 3.61. The van der Waals surface area contributed by atoms with E-state index in [1.807, 2.05) is 12.1 Å². The summed E-state index contributed by atoms with van der Waals surface area (Å²) in [6.45, 7) is 0.366.